The zero-order valence-corrected chi connectivity index (χ0v) is 9.82. The third-order valence-corrected chi connectivity index (χ3v) is 2.01. The van der Waals surface area contributed by atoms with E-state index in [0.29, 0.717) is 24.5 Å². The van der Waals surface area contributed by atoms with E-state index in [0.717, 1.165) is 18.6 Å². The highest BCUT2D eigenvalue weighted by atomic mass is 16.5. The predicted octanol–water partition coefficient (Wildman–Crippen LogP) is 3.14. The Kier molecular flexibility index (Phi) is 5.21. The number of nitriles is 1. The fourth-order valence-corrected chi connectivity index (χ4v) is 1.24. The average Bonchev–Trinajstić information content (AvgIpc) is 2.33. The predicted molar refractivity (Wildman–Crippen MR) is 62.7 cm³/mol. The molecule has 0 aliphatic rings. The fraction of sp³-hybridized carbons (Fsp3) is 0.462. The van der Waals surface area contributed by atoms with E-state index < -0.39 is 0 Å². The van der Waals surface area contributed by atoms with Gasteiger partial charge in [-0.25, -0.2) is 0 Å². The number of ether oxygens (including phenoxy) is 2. The topological polar surface area (TPSA) is 42.2 Å². The van der Waals surface area contributed by atoms with Gasteiger partial charge in [0.1, 0.15) is 17.6 Å². The zero-order chi connectivity index (χ0) is 11.8. The molecule has 0 atom stereocenters. The highest BCUT2D eigenvalue weighted by Gasteiger charge is 2.05. The van der Waals surface area contributed by atoms with E-state index in [-0.39, 0.29) is 0 Å². The van der Waals surface area contributed by atoms with Crippen molar-refractivity contribution < 1.29 is 9.47 Å². The molecule has 0 heterocycles. The summed E-state index contributed by atoms with van der Waals surface area (Å²) in [4.78, 5) is 0. The lowest BCUT2D eigenvalue weighted by Crippen LogP contribution is -1.99. The molecule has 0 saturated carbocycles. The number of nitrogens with zero attached hydrogens (tertiary/aromatic N) is 1. The van der Waals surface area contributed by atoms with Gasteiger partial charge in [0.15, 0.2) is 0 Å². The number of hydrogen-bond donors (Lipinski definition) is 0. The molecule has 0 aliphatic heterocycles. The third-order valence-electron chi connectivity index (χ3n) is 2.01. The molecule has 0 amide bonds. The molecule has 0 spiro atoms. The van der Waals surface area contributed by atoms with Crippen molar-refractivity contribution in [2.75, 3.05) is 13.2 Å². The lowest BCUT2D eigenvalue weighted by molar-refractivity contribution is 0.301. The molecule has 1 aromatic rings. The Bertz CT molecular complexity index is 369. The van der Waals surface area contributed by atoms with Gasteiger partial charge in [-0.15, -0.1) is 0 Å². The maximum absolute atomic E-state index is 8.91. The van der Waals surface area contributed by atoms with Crippen LogP contribution in [0.15, 0.2) is 18.2 Å². The Hall–Kier alpha value is -1.69. The van der Waals surface area contributed by atoms with Crippen molar-refractivity contribution in [3.8, 4) is 17.6 Å². The monoisotopic (exact) mass is 219 g/mol. The van der Waals surface area contributed by atoms with Gasteiger partial charge >= 0.3 is 0 Å². The summed E-state index contributed by atoms with van der Waals surface area (Å²) in [5.74, 6) is 1.37. The second-order valence-electron chi connectivity index (χ2n) is 3.47. The van der Waals surface area contributed by atoms with Crippen LogP contribution in [0.1, 0.15) is 32.3 Å². The number of rotatable bonds is 6. The van der Waals surface area contributed by atoms with E-state index >= 15 is 0 Å². The van der Waals surface area contributed by atoms with Gasteiger partial charge in [-0.1, -0.05) is 13.8 Å². The first-order chi connectivity index (χ1) is 7.81. The normalized spacial score (nSPS) is 9.56. The Labute approximate surface area is 96.6 Å². The average molecular weight is 219 g/mol. The number of hydrogen-bond acceptors (Lipinski definition) is 3. The van der Waals surface area contributed by atoms with Gasteiger partial charge in [0.05, 0.1) is 18.8 Å². The molecule has 0 aliphatic carbocycles. The van der Waals surface area contributed by atoms with Crippen molar-refractivity contribution in [3.05, 3.63) is 23.8 Å². The largest absolute Gasteiger partial charge is 0.493 e. The molecule has 1 aromatic carbocycles. The van der Waals surface area contributed by atoms with Gasteiger partial charge in [0.25, 0.3) is 0 Å². The minimum atomic E-state index is 0.553. The van der Waals surface area contributed by atoms with Gasteiger partial charge in [-0.05, 0) is 25.0 Å². The van der Waals surface area contributed by atoms with E-state index in [4.69, 9.17) is 14.7 Å². The van der Waals surface area contributed by atoms with E-state index in [1.807, 2.05) is 6.92 Å². The van der Waals surface area contributed by atoms with Gasteiger partial charge in [0, 0.05) is 6.07 Å². The third kappa shape index (κ3) is 3.47. The van der Waals surface area contributed by atoms with Crippen LogP contribution in [0.5, 0.6) is 11.5 Å². The minimum Gasteiger partial charge on any atom is -0.493 e. The highest BCUT2D eigenvalue weighted by Crippen LogP contribution is 2.24. The van der Waals surface area contributed by atoms with E-state index in [2.05, 4.69) is 13.0 Å². The van der Waals surface area contributed by atoms with Crippen molar-refractivity contribution in [2.45, 2.75) is 26.7 Å². The molecule has 86 valence electrons. The first-order valence-electron chi connectivity index (χ1n) is 5.61. The molecule has 0 unspecified atom stereocenters. The summed E-state index contributed by atoms with van der Waals surface area (Å²) >= 11 is 0. The summed E-state index contributed by atoms with van der Waals surface area (Å²) in [6.07, 6.45) is 1.88. The molecule has 0 aromatic heterocycles. The maximum atomic E-state index is 8.91. The van der Waals surface area contributed by atoms with Crippen molar-refractivity contribution in [1.29, 1.82) is 5.26 Å². The summed E-state index contributed by atoms with van der Waals surface area (Å²) in [5, 5.41) is 8.91. The van der Waals surface area contributed by atoms with Crippen LogP contribution in [0, 0.1) is 11.3 Å². The smallest absolute Gasteiger partial charge is 0.140 e. The van der Waals surface area contributed by atoms with E-state index in [1.54, 1.807) is 18.2 Å². The van der Waals surface area contributed by atoms with Crippen LogP contribution in [0.2, 0.25) is 0 Å². The Balaban J connectivity index is 2.80. The van der Waals surface area contributed by atoms with Crippen molar-refractivity contribution in [3.63, 3.8) is 0 Å². The Morgan fingerprint density at radius 3 is 2.44 bits per heavy atom. The summed E-state index contributed by atoms with van der Waals surface area (Å²) in [6, 6.07) is 7.42. The summed E-state index contributed by atoms with van der Waals surface area (Å²) in [6.45, 7) is 5.38. The molecule has 1 rings (SSSR count). The van der Waals surface area contributed by atoms with Crippen molar-refractivity contribution in [2.24, 2.45) is 0 Å². The molecule has 0 bridgehead atoms. The van der Waals surface area contributed by atoms with Crippen LogP contribution in [-0.4, -0.2) is 13.2 Å². The highest BCUT2D eigenvalue weighted by molar-refractivity contribution is 5.47. The molecule has 16 heavy (non-hydrogen) atoms. The molecular weight excluding hydrogens is 202 g/mol. The fourth-order valence-electron chi connectivity index (χ4n) is 1.24. The second kappa shape index (κ2) is 6.73. The van der Waals surface area contributed by atoms with Crippen molar-refractivity contribution >= 4 is 0 Å². The Morgan fingerprint density at radius 2 is 1.81 bits per heavy atom. The molecular formula is C13H17NO2. The summed E-state index contributed by atoms with van der Waals surface area (Å²) in [7, 11) is 0. The minimum absolute atomic E-state index is 0.553. The van der Waals surface area contributed by atoms with Crippen LogP contribution in [0.25, 0.3) is 0 Å². The van der Waals surface area contributed by atoms with Gasteiger partial charge in [-0.3, -0.25) is 0 Å². The second-order valence-corrected chi connectivity index (χ2v) is 3.47. The van der Waals surface area contributed by atoms with Gasteiger partial charge < -0.3 is 9.47 Å². The first-order valence-corrected chi connectivity index (χ1v) is 5.61. The Morgan fingerprint density at radius 1 is 1.12 bits per heavy atom. The van der Waals surface area contributed by atoms with Crippen LogP contribution >= 0.6 is 0 Å². The van der Waals surface area contributed by atoms with Gasteiger partial charge in [0.2, 0.25) is 0 Å². The van der Waals surface area contributed by atoms with E-state index in [1.165, 1.54) is 0 Å². The van der Waals surface area contributed by atoms with Gasteiger partial charge in [-0.2, -0.15) is 5.26 Å². The zero-order valence-electron chi connectivity index (χ0n) is 9.82. The van der Waals surface area contributed by atoms with Crippen molar-refractivity contribution in [1.82, 2.24) is 0 Å². The lowest BCUT2D eigenvalue weighted by atomic mass is 10.2. The van der Waals surface area contributed by atoms with Crippen LogP contribution < -0.4 is 9.47 Å². The number of benzene rings is 1. The SMILES string of the molecule is CCCOc1ccc(C#N)c(OCCC)c1. The lowest BCUT2D eigenvalue weighted by Gasteiger charge is -2.09. The quantitative estimate of drug-likeness (QED) is 0.738. The first kappa shape index (κ1) is 12.4. The standard InChI is InChI=1S/C13H17NO2/c1-3-7-15-12-6-5-11(10-14)13(9-12)16-8-4-2/h5-6,9H,3-4,7-8H2,1-2H3. The summed E-state index contributed by atoms with van der Waals surface area (Å²) in [5.41, 5.74) is 0.553. The van der Waals surface area contributed by atoms with E-state index in [9.17, 15) is 0 Å². The molecule has 0 saturated heterocycles. The molecule has 3 heteroatoms. The summed E-state index contributed by atoms with van der Waals surface area (Å²) < 4.78 is 11.0. The van der Waals surface area contributed by atoms with Crippen LogP contribution in [0.3, 0.4) is 0 Å². The molecule has 0 radical (unpaired) electrons. The van der Waals surface area contributed by atoms with Crippen LogP contribution in [0.4, 0.5) is 0 Å². The molecule has 0 fully saturated rings. The maximum Gasteiger partial charge on any atom is 0.140 e. The van der Waals surface area contributed by atoms with Crippen LogP contribution in [-0.2, 0) is 0 Å². The molecule has 3 nitrogen and oxygen atoms in total. The molecule has 0 N–H and O–H groups in total.